The van der Waals surface area contributed by atoms with Crippen LogP contribution in [-0.2, 0) is 14.8 Å². The van der Waals surface area contributed by atoms with Gasteiger partial charge in [-0.25, -0.2) is 13.1 Å². The smallest absolute Gasteiger partial charge is 0.321 e. The van der Waals surface area contributed by atoms with Gasteiger partial charge in [-0.05, 0) is 12.3 Å². The molecule has 2 N–H and O–H groups in total. The number of alkyl halides is 1. The van der Waals surface area contributed by atoms with Crippen molar-refractivity contribution in [2.45, 2.75) is 26.3 Å². The number of hydrogen-bond acceptors (Lipinski definition) is 3. The molecule has 0 aliphatic rings. The molecule has 0 aromatic carbocycles. The van der Waals surface area contributed by atoms with E-state index >= 15 is 0 Å². The molecule has 0 saturated carbocycles. The lowest BCUT2D eigenvalue weighted by Crippen LogP contribution is -2.45. The average Bonchev–Trinajstić information content (AvgIpc) is 2.10. The summed E-state index contributed by atoms with van der Waals surface area (Å²) >= 11 is 0. The zero-order valence-electron chi connectivity index (χ0n) is 8.73. The Hall–Kier alpha value is -0.690. The minimum Gasteiger partial charge on any atom is -0.480 e. The van der Waals surface area contributed by atoms with E-state index in [2.05, 4.69) is 0 Å². The van der Waals surface area contributed by atoms with Gasteiger partial charge in [0.25, 0.3) is 0 Å². The standard InChI is InChI=1S/C8H16FNO4S/c1-6(2)7(8(11)12)10-15(13,14)5-3-4-9/h6-7,10H,3-5H2,1-2H3,(H,11,12)/t7-/m0/s1. The number of rotatable bonds is 7. The highest BCUT2D eigenvalue weighted by molar-refractivity contribution is 7.89. The van der Waals surface area contributed by atoms with Crippen molar-refractivity contribution in [1.82, 2.24) is 4.72 Å². The molecule has 0 bridgehead atoms. The van der Waals surface area contributed by atoms with Crippen LogP contribution in [0, 0.1) is 5.92 Å². The predicted molar refractivity (Wildman–Crippen MR) is 53.8 cm³/mol. The third-order valence-electron chi connectivity index (χ3n) is 1.79. The van der Waals surface area contributed by atoms with Gasteiger partial charge in [0.05, 0.1) is 12.4 Å². The molecule has 0 aromatic rings. The Balaban J connectivity index is 4.46. The molecule has 1 atom stereocenters. The molecule has 0 heterocycles. The maximum Gasteiger partial charge on any atom is 0.321 e. The summed E-state index contributed by atoms with van der Waals surface area (Å²) in [5.74, 6) is -1.98. The molecule has 15 heavy (non-hydrogen) atoms. The maximum absolute atomic E-state index is 11.8. The number of nitrogens with one attached hydrogen (secondary N) is 1. The first kappa shape index (κ1) is 14.3. The SMILES string of the molecule is CC(C)[C@H](NS(=O)(=O)CCCF)C(=O)O. The van der Waals surface area contributed by atoms with Crippen molar-refractivity contribution in [3.05, 3.63) is 0 Å². The molecule has 7 heteroatoms. The van der Waals surface area contributed by atoms with Gasteiger partial charge in [0.2, 0.25) is 10.0 Å². The molecule has 0 radical (unpaired) electrons. The second kappa shape index (κ2) is 6.02. The lowest BCUT2D eigenvalue weighted by Gasteiger charge is -2.17. The van der Waals surface area contributed by atoms with Gasteiger partial charge in [0.1, 0.15) is 6.04 Å². The van der Waals surface area contributed by atoms with Crippen LogP contribution < -0.4 is 4.72 Å². The van der Waals surface area contributed by atoms with Gasteiger partial charge in [-0.15, -0.1) is 0 Å². The number of hydrogen-bond donors (Lipinski definition) is 2. The lowest BCUT2D eigenvalue weighted by atomic mass is 10.1. The Kier molecular flexibility index (Phi) is 5.74. The number of carboxylic acid groups (broad SMARTS) is 1. The number of aliphatic carboxylic acids is 1. The van der Waals surface area contributed by atoms with Crippen molar-refractivity contribution in [3.8, 4) is 0 Å². The van der Waals surface area contributed by atoms with Crippen LogP contribution in [0.15, 0.2) is 0 Å². The maximum atomic E-state index is 11.8. The van der Waals surface area contributed by atoms with E-state index < -0.39 is 28.7 Å². The number of carboxylic acids is 1. The van der Waals surface area contributed by atoms with Crippen molar-refractivity contribution in [2.24, 2.45) is 5.92 Å². The van der Waals surface area contributed by atoms with Crippen molar-refractivity contribution < 1.29 is 22.7 Å². The van der Waals surface area contributed by atoms with E-state index in [0.717, 1.165) is 0 Å². The summed E-state index contributed by atoms with van der Waals surface area (Å²) in [6, 6.07) is -1.16. The molecule has 0 aliphatic heterocycles. The second-order valence-electron chi connectivity index (χ2n) is 3.54. The van der Waals surface area contributed by atoms with E-state index in [0.29, 0.717) is 0 Å². The number of halogens is 1. The first-order valence-electron chi connectivity index (χ1n) is 4.59. The summed E-state index contributed by atoms with van der Waals surface area (Å²) in [6.07, 6.45) is -0.125. The largest absolute Gasteiger partial charge is 0.480 e. The Morgan fingerprint density at radius 3 is 2.33 bits per heavy atom. The zero-order valence-corrected chi connectivity index (χ0v) is 9.55. The topological polar surface area (TPSA) is 83.5 Å². The van der Waals surface area contributed by atoms with Crippen molar-refractivity contribution >= 4 is 16.0 Å². The fourth-order valence-corrected chi connectivity index (χ4v) is 2.34. The highest BCUT2D eigenvalue weighted by Gasteiger charge is 2.26. The fraction of sp³-hybridized carbons (Fsp3) is 0.875. The van der Waals surface area contributed by atoms with Crippen LogP contribution in [0.5, 0.6) is 0 Å². The summed E-state index contributed by atoms with van der Waals surface area (Å²) in [5, 5.41) is 8.73. The number of carbonyl (C=O) groups is 1. The van der Waals surface area contributed by atoms with Crippen molar-refractivity contribution in [2.75, 3.05) is 12.4 Å². The normalized spacial score (nSPS) is 14.1. The van der Waals surface area contributed by atoms with Crippen LogP contribution >= 0.6 is 0 Å². The van der Waals surface area contributed by atoms with Gasteiger partial charge in [0, 0.05) is 0 Å². The summed E-state index contributed by atoms with van der Waals surface area (Å²) in [5.41, 5.74) is 0. The highest BCUT2D eigenvalue weighted by atomic mass is 32.2. The summed E-state index contributed by atoms with van der Waals surface area (Å²) < 4.78 is 36.3. The predicted octanol–water partition coefficient (Wildman–Crippen LogP) is 0.375. The quantitative estimate of drug-likeness (QED) is 0.674. The molecular weight excluding hydrogens is 225 g/mol. The van der Waals surface area contributed by atoms with Crippen LogP contribution in [0.3, 0.4) is 0 Å². The third kappa shape index (κ3) is 5.68. The molecule has 0 spiro atoms. The fourth-order valence-electron chi connectivity index (χ4n) is 0.969. The molecule has 0 saturated heterocycles. The van der Waals surface area contributed by atoms with Gasteiger partial charge < -0.3 is 5.11 Å². The van der Waals surface area contributed by atoms with Gasteiger partial charge in [-0.2, -0.15) is 0 Å². The van der Waals surface area contributed by atoms with Crippen LogP contribution in [0.4, 0.5) is 4.39 Å². The van der Waals surface area contributed by atoms with Crippen LogP contribution in [0.25, 0.3) is 0 Å². The molecule has 0 aromatic heterocycles. The Labute approximate surface area is 88.7 Å². The van der Waals surface area contributed by atoms with Gasteiger partial charge in [-0.3, -0.25) is 9.18 Å². The third-order valence-corrected chi connectivity index (χ3v) is 3.23. The van der Waals surface area contributed by atoms with E-state index in [1.54, 1.807) is 13.8 Å². The summed E-state index contributed by atoms with van der Waals surface area (Å²) in [6.45, 7) is 2.45. The Bertz CT molecular complexity index is 302. The molecule has 0 amide bonds. The minimum atomic E-state index is -3.70. The average molecular weight is 241 g/mol. The molecule has 0 aliphatic carbocycles. The van der Waals surface area contributed by atoms with E-state index in [1.165, 1.54) is 0 Å². The lowest BCUT2D eigenvalue weighted by molar-refractivity contribution is -0.140. The van der Waals surface area contributed by atoms with Crippen molar-refractivity contribution in [3.63, 3.8) is 0 Å². The monoisotopic (exact) mass is 241 g/mol. The molecule has 0 rings (SSSR count). The molecule has 90 valence electrons. The second-order valence-corrected chi connectivity index (χ2v) is 5.41. The van der Waals surface area contributed by atoms with Gasteiger partial charge >= 0.3 is 5.97 Å². The van der Waals surface area contributed by atoms with E-state index in [-0.39, 0.29) is 18.1 Å². The minimum absolute atomic E-state index is 0.125. The van der Waals surface area contributed by atoms with E-state index in [4.69, 9.17) is 5.11 Å². The zero-order chi connectivity index (χ0) is 12.1. The first-order valence-corrected chi connectivity index (χ1v) is 6.24. The highest BCUT2D eigenvalue weighted by Crippen LogP contribution is 2.04. The molecule has 5 nitrogen and oxygen atoms in total. The molecule has 0 fully saturated rings. The van der Waals surface area contributed by atoms with Crippen LogP contribution in [0.2, 0.25) is 0 Å². The first-order chi connectivity index (χ1) is 6.80. The van der Waals surface area contributed by atoms with Crippen LogP contribution in [-0.4, -0.2) is 38.0 Å². The Morgan fingerprint density at radius 1 is 1.47 bits per heavy atom. The number of sulfonamides is 1. The molecule has 0 unspecified atom stereocenters. The van der Waals surface area contributed by atoms with E-state index in [9.17, 15) is 17.6 Å². The Morgan fingerprint density at radius 2 is 2.00 bits per heavy atom. The molecular formula is C8H16FNO4S. The van der Waals surface area contributed by atoms with Crippen LogP contribution in [0.1, 0.15) is 20.3 Å². The van der Waals surface area contributed by atoms with Gasteiger partial charge in [-0.1, -0.05) is 13.8 Å². The summed E-state index contributed by atoms with van der Waals surface area (Å²) in [4.78, 5) is 10.7. The van der Waals surface area contributed by atoms with Gasteiger partial charge in [0.15, 0.2) is 0 Å². The van der Waals surface area contributed by atoms with E-state index in [1.807, 2.05) is 4.72 Å². The summed E-state index contributed by atoms with van der Waals surface area (Å²) in [7, 11) is -3.70. The van der Waals surface area contributed by atoms with Crippen molar-refractivity contribution in [1.29, 1.82) is 0 Å².